The molecule has 0 aromatic heterocycles. The van der Waals surface area contributed by atoms with Crippen LogP contribution in [0.25, 0.3) is 0 Å². The molecule has 4 aliphatic carbocycles. The zero-order valence-electron chi connectivity index (χ0n) is 19.9. The van der Waals surface area contributed by atoms with Crippen molar-refractivity contribution >= 4 is 22.1 Å². The average Bonchev–Trinajstić information content (AvgIpc) is 3.51. The molecule has 7 rings (SSSR count). The lowest BCUT2D eigenvalue weighted by atomic mass is 9.50. The van der Waals surface area contributed by atoms with E-state index in [4.69, 9.17) is 0 Å². The maximum Gasteiger partial charge on any atom is 0.416 e. The molecule has 3 unspecified atom stereocenters. The Morgan fingerprint density at radius 2 is 1.72 bits per heavy atom. The first kappa shape index (κ1) is 24.4. The lowest BCUT2D eigenvalue weighted by molar-refractivity contribution is -0.137. The number of carbonyl (C=O) groups is 1. The maximum absolute atomic E-state index is 13.2. The lowest BCUT2D eigenvalue weighted by Crippen LogP contribution is -2.69. The molecule has 6 aliphatic rings. The molecule has 1 amide bonds. The molecule has 196 valence electrons. The molecule has 2 aliphatic heterocycles. The Balaban J connectivity index is 1.16. The second-order valence-corrected chi connectivity index (χ2v) is 13.3. The summed E-state index contributed by atoms with van der Waals surface area (Å²) in [5.41, 5.74) is -1.84. The van der Waals surface area contributed by atoms with E-state index in [2.05, 4.69) is 15.0 Å². The van der Waals surface area contributed by atoms with E-state index in [9.17, 15) is 26.4 Å². The first-order valence-electron chi connectivity index (χ1n) is 12.8. The average molecular weight is 525 g/mol. The SMILES string of the molecule is O=C(CNC12CC3CC(C1)CC(NS(=O)(=O)c1ccc(C(F)(F)F)cc1)(C3)C2)N1CCC[C@H]1C1C=N1. The number of likely N-dealkylation sites (tertiary alicyclic amines) is 1. The summed E-state index contributed by atoms with van der Waals surface area (Å²) < 4.78 is 68.2. The van der Waals surface area contributed by atoms with Crippen LogP contribution in [0.3, 0.4) is 0 Å². The summed E-state index contributed by atoms with van der Waals surface area (Å²) in [5, 5.41) is 3.57. The van der Waals surface area contributed by atoms with Crippen LogP contribution < -0.4 is 10.0 Å². The normalized spacial score (nSPS) is 37.0. The van der Waals surface area contributed by atoms with Crippen LogP contribution in [0.15, 0.2) is 34.2 Å². The number of sulfonamides is 1. The second kappa shape index (κ2) is 8.26. The van der Waals surface area contributed by atoms with Crippen LogP contribution in [0.4, 0.5) is 13.2 Å². The van der Waals surface area contributed by atoms with Crippen molar-refractivity contribution in [1.29, 1.82) is 0 Å². The quantitative estimate of drug-likeness (QED) is 0.574. The highest BCUT2D eigenvalue weighted by atomic mass is 32.2. The lowest BCUT2D eigenvalue weighted by Gasteiger charge is -2.62. The van der Waals surface area contributed by atoms with Gasteiger partial charge in [0.2, 0.25) is 15.9 Å². The van der Waals surface area contributed by atoms with Crippen molar-refractivity contribution in [2.45, 2.75) is 85.6 Å². The predicted octanol–water partition coefficient (Wildman–Crippen LogP) is 3.11. The minimum absolute atomic E-state index is 0.0723. The number of nitrogens with one attached hydrogen (secondary N) is 2. The number of hydrogen-bond donors (Lipinski definition) is 2. The largest absolute Gasteiger partial charge is 0.416 e. The van der Waals surface area contributed by atoms with Gasteiger partial charge in [-0.1, -0.05) is 0 Å². The summed E-state index contributed by atoms with van der Waals surface area (Å²) in [6.07, 6.45) is 4.22. The molecule has 2 N–H and O–H groups in total. The third kappa shape index (κ3) is 4.47. The Morgan fingerprint density at radius 1 is 1.08 bits per heavy atom. The highest BCUT2D eigenvalue weighted by Crippen LogP contribution is 2.57. The third-order valence-corrected chi connectivity index (χ3v) is 10.4. The Hall–Kier alpha value is -1.98. The standard InChI is InChI=1S/C25H31F3N4O3S/c26-25(27,28)18-3-5-19(6-4-18)36(34,35)31-24-11-16-8-17(12-24)10-23(9-16,15-24)30-14-22(33)32-7-1-2-21(32)20-13-29-20/h3-6,13,16-17,20-21,30-31H,1-2,7-12,14-15H2/t16?,17?,20?,21-,23?,24?/m0/s1. The van der Waals surface area contributed by atoms with Crippen molar-refractivity contribution in [2.24, 2.45) is 16.8 Å². The van der Waals surface area contributed by atoms with E-state index in [1.165, 1.54) is 0 Å². The van der Waals surface area contributed by atoms with Crippen LogP contribution in [-0.2, 0) is 21.0 Å². The van der Waals surface area contributed by atoms with Crippen LogP contribution in [0.2, 0.25) is 0 Å². The number of halogens is 3. The van der Waals surface area contributed by atoms with Crippen molar-refractivity contribution < 1.29 is 26.4 Å². The van der Waals surface area contributed by atoms with Gasteiger partial charge >= 0.3 is 6.18 Å². The number of benzene rings is 1. The molecule has 1 saturated heterocycles. The van der Waals surface area contributed by atoms with Crippen LogP contribution in [0.5, 0.6) is 0 Å². The molecular formula is C25H31F3N4O3S. The number of carbonyl (C=O) groups excluding carboxylic acids is 1. The molecule has 1 aromatic carbocycles. The fourth-order valence-corrected chi connectivity index (χ4v) is 9.25. The number of nitrogens with zero attached hydrogens (tertiary/aromatic N) is 2. The maximum atomic E-state index is 13.2. The Morgan fingerprint density at radius 3 is 2.33 bits per heavy atom. The van der Waals surface area contributed by atoms with E-state index in [1.54, 1.807) is 0 Å². The summed E-state index contributed by atoms with van der Waals surface area (Å²) in [6, 6.07) is 3.99. The van der Waals surface area contributed by atoms with Gasteiger partial charge in [-0.3, -0.25) is 9.79 Å². The topological polar surface area (TPSA) is 90.9 Å². The summed E-state index contributed by atoms with van der Waals surface area (Å²) in [4.78, 5) is 19.1. The van der Waals surface area contributed by atoms with Crippen molar-refractivity contribution in [2.75, 3.05) is 13.1 Å². The third-order valence-electron chi connectivity index (χ3n) is 8.85. The monoisotopic (exact) mass is 524 g/mol. The molecule has 4 saturated carbocycles. The van der Waals surface area contributed by atoms with E-state index in [0.29, 0.717) is 31.1 Å². The number of hydrogen-bond acceptors (Lipinski definition) is 5. The van der Waals surface area contributed by atoms with E-state index < -0.39 is 27.3 Å². The molecule has 2 heterocycles. The van der Waals surface area contributed by atoms with Crippen molar-refractivity contribution in [3.8, 4) is 0 Å². The molecular weight excluding hydrogens is 493 g/mol. The van der Waals surface area contributed by atoms with E-state index >= 15 is 0 Å². The molecule has 0 radical (unpaired) electrons. The van der Waals surface area contributed by atoms with Gasteiger partial charge in [0, 0.05) is 23.8 Å². The van der Waals surface area contributed by atoms with Gasteiger partial charge in [-0.15, -0.1) is 0 Å². The van der Waals surface area contributed by atoms with Crippen molar-refractivity contribution in [3.63, 3.8) is 0 Å². The van der Waals surface area contributed by atoms with Crippen LogP contribution in [0.1, 0.15) is 56.9 Å². The van der Waals surface area contributed by atoms with E-state index in [-0.39, 0.29) is 35.0 Å². The summed E-state index contributed by atoms with van der Waals surface area (Å²) >= 11 is 0. The number of aliphatic imine (C=N–C) groups is 1. The smallest absolute Gasteiger partial charge is 0.336 e. The fraction of sp³-hybridized carbons (Fsp3) is 0.680. The van der Waals surface area contributed by atoms with Gasteiger partial charge < -0.3 is 10.2 Å². The zero-order chi connectivity index (χ0) is 25.3. The Labute approximate surface area is 209 Å². The second-order valence-electron chi connectivity index (χ2n) is 11.6. The molecule has 4 atom stereocenters. The summed E-state index contributed by atoms with van der Waals surface area (Å²) in [7, 11) is -4.00. The van der Waals surface area contributed by atoms with Gasteiger partial charge in [0.25, 0.3) is 0 Å². The highest BCUT2D eigenvalue weighted by Gasteiger charge is 2.59. The van der Waals surface area contributed by atoms with Gasteiger partial charge in [0.1, 0.15) is 6.04 Å². The minimum atomic E-state index is -4.52. The van der Waals surface area contributed by atoms with Gasteiger partial charge in [-0.25, -0.2) is 13.1 Å². The highest BCUT2D eigenvalue weighted by molar-refractivity contribution is 7.89. The summed E-state index contributed by atoms with van der Waals surface area (Å²) in [5.74, 6) is 0.773. The van der Waals surface area contributed by atoms with Crippen molar-refractivity contribution in [3.05, 3.63) is 29.8 Å². The first-order chi connectivity index (χ1) is 17.0. The first-order valence-corrected chi connectivity index (χ1v) is 14.2. The summed E-state index contributed by atoms with van der Waals surface area (Å²) in [6.45, 7) is 0.977. The molecule has 5 fully saturated rings. The minimum Gasteiger partial charge on any atom is -0.336 e. The Bertz CT molecular complexity index is 1160. The fourth-order valence-electron chi connectivity index (χ4n) is 7.83. The molecule has 0 spiro atoms. The van der Waals surface area contributed by atoms with Crippen molar-refractivity contribution in [1.82, 2.24) is 14.9 Å². The van der Waals surface area contributed by atoms with Gasteiger partial charge in [-0.2, -0.15) is 13.2 Å². The predicted molar refractivity (Wildman–Crippen MR) is 127 cm³/mol. The van der Waals surface area contributed by atoms with Gasteiger partial charge in [-0.05, 0) is 87.5 Å². The number of amides is 1. The zero-order valence-corrected chi connectivity index (χ0v) is 20.7. The number of rotatable bonds is 7. The van der Waals surface area contributed by atoms with E-state index in [1.807, 2.05) is 11.1 Å². The van der Waals surface area contributed by atoms with Crippen LogP contribution in [0, 0.1) is 11.8 Å². The molecule has 36 heavy (non-hydrogen) atoms. The number of alkyl halides is 3. The molecule has 11 heteroatoms. The molecule has 1 aromatic rings. The van der Waals surface area contributed by atoms with E-state index in [0.717, 1.165) is 62.9 Å². The van der Waals surface area contributed by atoms with Gasteiger partial charge in [0.15, 0.2) is 0 Å². The Kier molecular flexibility index (Phi) is 5.59. The van der Waals surface area contributed by atoms with Gasteiger partial charge in [0.05, 0.1) is 23.0 Å². The van der Waals surface area contributed by atoms with Crippen LogP contribution in [-0.4, -0.2) is 61.7 Å². The molecule has 7 nitrogen and oxygen atoms in total. The van der Waals surface area contributed by atoms with Crippen LogP contribution >= 0.6 is 0 Å². The molecule has 4 bridgehead atoms.